The summed E-state index contributed by atoms with van der Waals surface area (Å²) in [6.07, 6.45) is 33.1. The molecule has 0 aromatic carbocycles. The SMILES string of the molecule is CCCCCCCCCCCCCCN(CCSSCCN(CCCCCCCCCCCCCC)CC(CN)NCCO)CC(CN)NCCO. The highest BCUT2D eigenvalue weighted by molar-refractivity contribution is 8.76. The normalized spacial score (nSPS) is 13.2. The second-order valence-electron chi connectivity index (χ2n) is 15.2. The Balaban J connectivity index is 4.49. The number of nitrogens with one attached hydrogen (secondary N) is 2. The first-order valence-electron chi connectivity index (χ1n) is 22.4. The Hall–Kier alpha value is 0.380. The van der Waals surface area contributed by atoms with Gasteiger partial charge in [0.05, 0.1) is 13.2 Å². The molecule has 0 radical (unpaired) electrons. The van der Waals surface area contributed by atoms with Gasteiger partial charge in [0, 0.05) is 75.9 Å². The Morgan fingerprint density at radius 1 is 0.442 bits per heavy atom. The van der Waals surface area contributed by atoms with Crippen molar-refractivity contribution in [2.75, 3.05) is 90.2 Å². The van der Waals surface area contributed by atoms with Gasteiger partial charge in [-0.05, 0) is 25.9 Å². The summed E-state index contributed by atoms with van der Waals surface area (Å²) in [4.78, 5) is 5.20. The summed E-state index contributed by atoms with van der Waals surface area (Å²) in [6, 6.07) is 0.455. The molecule has 10 heteroatoms. The minimum atomic E-state index is 0.154. The maximum Gasteiger partial charge on any atom is 0.0556 e. The highest BCUT2D eigenvalue weighted by Gasteiger charge is 2.14. The van der Waals surface area contributed by atoms with Crippen molar-refractivity contribution in [3.8, 4) is 0 Å². The quantitative estimate of drug-likeness (QED) is 0.0267. The molecule has 0 aliphatic heterocycles. The van der Waals surface area contributed by atoms with Crippen LogP contribution in [0.25, 0.3) is 0 Å². The van der Waals surface area contributed by atoms with E-state index in [0.717, 1.165) is 50.8 Å². The van der Waals surface area contributed by atoms with E-state index in [4.69, 9.17) is 11.5 Å². The molecule has 0 bridgehead atoms. The van der Waals surface area contributed by atoms with Crippen LogP contribution in [0, 0.1) is 0 Å². The maximum absolute atomic E-state index is 9.32. The lowest BCUT2D eigenvalue weighted by Crippen LogP contribution is -2.47. The van der Waals surface area contributed by atoms with Gasteiger partial charge in [0.25, 0.3) is 0 Å². The lowest BCUT2D eigenvalue weighted by atomic mass is 10.1. The molecule has 0 aliphatic carbocycles. The Morgan fingerprint density at radius 3 is 1.00 bits per heavy atom. The molecule has 0 saturated carbocycles. The van der Waals surface area contributed by atoms with E-state index in [1.54, 1.807) is 0 Å². The topological polar surface area (TPSA) is 123 Å². The summed E-state index contributed by atoms with van der Waals surface area (Å²) >= 11 is 0. The third-order valence-corrected chi connectivity index (χ3v) is 12.7. The minimum absolute atomic E-state index is 0.154. The van der Waals surface area contributed by atoms with Gasteiger partial charge in [-0.2, -0.15) is 0 Å². The second-order valence-corrected chi connectivity index (χ2v) is 17.9. The van der Waals surface area contributed by atoms with Crippen LogP contribution in [0.4, 0.5) is 0 Å². The summed E-state index contributed by atoms with van der Waals surface area (Å²) in [6.45, 7) is 13.6. The predicted octanol–water partition coefficient (Wildman–Crippen LogP) is 8.19. The zero-order chi connectivity index (χ0) is 38.0. The fraction of sp³-hybridized carbons (Fsp3) is 1.00. The Kier molecular flexibility index (Phi) is 44.4. The number of rotatable bonds is 45. The third-order valence-electron chi connectivity index (χ3n) is 10.3. The molecule has 0 fully saturated rings. The molecule has 0 aromatic rings. The van der Waals surface area contributed by atoms with E-state index < -0.39 is 0 Å². The molecule has 0 rings (SSSR count). The van der Waals surface area contributed by atoms with E-state index in [2.05, 4.69) is 34.3 Å². The van der Waals surface area contributed by atoms with E-state index in [0.29, 0.717) is 26.2 Å². The smallest absolute Gasteiger partial charge is 0.0556 e. The molecule has 2 atom stereocenters. The summed E-state index contributed by atoms with van der Waals surface area (Å²) in [5.74, 6) is 2.23. The number of hydrogen-bond donors (Lipinski definition) is 6. The van der Waals surface area contributed by atoms with Crippen molar-refractivity contribution < 1.29 is 10.2 Å². The summed E-state index contributed by atoms with van der Waals surface area (Å²) in [5.41, 5.74) is 12.2. The van der Waals surface area contributed by atoms with Crippen molar-refractivity contribution in [1.29, 1.82) is 0 Å². The van der Waals surface area contributed by atoms with Gasteiger partial charge in [-0.1, -0.05) is 177 Å². The Morgan fingerprint density at radius 2 is 0.731 bits per heavy atom. The van der Waals surface area contributed by atoms with Crippen LogP contribution in [0.3, 0.4) is 0 Å². The van der Waals surface area contributed by atoms with Crippen LogP contribution in [0.15, 0.2) is 0 Å². The first-order valence-corrected chi connectivity index (χ1v) is 24.9. The van der Waals surface area contributed by atoms with Gasteiger partial charge in [-0.25, -0.2) is 0 Å². The predicted molar refractivity (Wildman–Crippen MR) is 236 cm³/mol. The molecule has 52 heavy (non-hydrogen) atoms. The van der Waals surface area contributed by atoms with Gasteiger partial charge in [-0.15, -0.1) is 0 Å². The van der Waals surface area contributed by atoms with Gasteiger partial charge < -0.3 is 42.1 Å². The standard InChI is InChI=1S/C42H92N6O2S2/c1-3-5-7-9-11-13-15-17-19-21-23-25-29-47(39-41(37-43)45-27-33-49)31-35-51-52-36-32-48(40-42(38-44)46-28-34-50)30-26-24-22-20-18-16-14-12-10-8-6-4-2/h41-42,45-46,49-50H,3-40,43-44H2,1-2H3. The number of nitrogens with two attached hydrogens (primary N) is 2. The average molecular weight is 777 g/mol. The molecule has 0 aromatic heterocycles. The minimum Gasteiger partial charge on any atom is -0.395 e. The van der Waals surface area contributed by atoms with Crippen molar-refractivity contribution in [3.63, 3.8) is 0 Å². The van der Waals surface area contributed by atoms with E-state index >= 15 is 0 Å². The number of hydrogen-bond acceptors (Lipinski definition) is 10. The maximum atomic E-state index is 9.32. The third kappa shape index (κ3) is 37.3. The lowest BCUT2D eigenvalue weighted by Gasteiger charge is -2.28. The fourth-order valence-corrected chi connectivity index (χ4v) is 9.05. The molecule has 0 aliphatic rings. The first kappa shape index (κ1) is 52.4. The van der Waals surface area contributed by atoms with Crippen molar-refractivity contribution >= 4 is 21.6 Å². The van der Waals surface area contributed by atoms with Crippen LogP contribution in [0.5, 0.6) is 0 Å². The zero-order valence-electron chi connectivity index (χ0n) is 34.8. The molecule has 0 heterocycles. The first-order chi connectivity index (χ1) is 25.6. The van der Waals surface area contributed by atoms with Gasteiger partial charge in [0.2, 0.25) is 0 Å². The number of aliphatic hydroxyl groups is 2. The molecule has 314 valence electrons. The van der Waals surface area contributed by atoms with Crippen LogP contribution in [0.2, 0.25) is 0 Å². The van der Waals surface area contributed by atoms with Gasteiger partial charge in [-0.3, -0.25) is 0 Å². The highest BCUT2D eigenvalue weighted by atomic mass is 33.1. The number of aliphatic hydroxyl groups excluding tert-OH is 2. The molecular formula is C42H92N6O2S2. The van der Waals surface area contributed by atoms with Crippen LogP contribution >= 0.6 is 21.6 Å². The van der Waals surface area contributed by atoms with Crippen molar-refractivity contribution in [2.45, 2.75) is 180 Å². The van der Waals surface area contributed by atoms with Crippen LogP contribution in [0.1, 0.15) is 168 Å². The van der Waals surface area contributed by atoms with E-state index in [1.807, 2.05) is 21.6 Å². The molecule has 8 nitrogen and oxygen atoms in total. The zero-order valence-corrected chi connectivity index (χ0v) is 36.4. The van der Waals surface area contributed by atoms with E-state index in [9.17, 15) is 10.2 Å². The Bertz CT molecular complexity index is 618. The van der Waals surface area contributed by atoms with Gasteiger partial charge >= 0.3 is 0 Å². The highest BCUT2D eigenvalue weighted by Crippen LogP contribution is 2.22. The second kappa shape index (κ2) is 44.1. The molecule has 8 N–H and O–H groups in total. The number of unbranched alkanes of at least 4 members (excludes halogenated alkanes) is 22. The molecule has 0 saturated heterocycles. The fourth-order valence-electron chi connectivity index (χ4n) is 7.00. The lowest BCUT2D eigenvalue weighted by molar-refractivity contribution is 0.235. The van der Waals surface area contributed by atoms with Crippen LogP contribution in [-0.2, 0) is 0 Å². The van der Waals surface area contributed by atoms with Crippen LogP contribution < -0.4 is 22.1 Å². The monoisotopic (exact) mass is 777 g/mol. The van der Waals surface area contributed by atoms with Crippen LogP contribution in [-0.4, -0.2) is 122 Å². The van der Waals surface area contributed by atoms with E-state index in [1.165, 1.54) is 154 Å². The number of nitrogens with zero attached hydrogens (tertiary/aromatic N) is 2. The van der Waals surface area contributed by atoms with Gasteiger partial charge in [0.15, 0.2) is 0 Å². The summed E-state index contributed by atoms with van der Waals surface area (Å²) < 4.78 is 0. The van der Waals surface area contributed by atoms with Gasteiger partial charge in [0.1, 0.15) is 0 Å². The Labute approximate surface area is 332 Å². The van der Waals surface area contributed by atoms with Crippen molar-refractivity contribution in [2.24, 2.45) is 11.5 Å². The van der Waals surface area contributed by atoms with E-state index in [-0.39, 0.29) is 25.3 Å². The average Bonchev–Trinajstić information content (AvgIpc) is 3.16. The summed E-state index contributed by atoms with van der Waals surface area (Å²) in [7, 11) is 4.01. The largest absolute Gasteiger partial charge is 0.395 e. The summed E-state index contributed by atoms with van der Waals surface area (Å²) in [5, 5.41) is 25.5. The van der Waals surface area contributed by atoms with Crippen molar-refractivity contribution in [3.05, 3.63) is 0 Å². The van der Waals surface area contributed by atoms with Crippen molar-refractivity contribution in [1.82, 2.24) is 20.4 Å². The molecular weight excluding hydrogens is 685 g/mol. The molecule has 0 amide bonds. The molecule has 0 spiro atoms. The molecule has 2 unspecified atom stereocenters.